The first-order valence-electron chi connectivity index (χ1n) is 8.64. The van der Waals surface area contributed by atoms with Gasteiger partial charge in [-0.2, -0.15) is 0 Å². The van der Waals surface area contributed by atoms with Gasteiger partial charge in [-0.05, 0) is 25.0 Å². The molecule has 0 fully saturated rings. The lowest BCUT2D eigenvalue weighted by Crippen LogP contribution is -2.27. The monoisotopic (exact) mass is 427 g/mol. The number of sulfonamides is 1. The Hall–Kier alpha value is -2.44. The van der Waals surface area contributed by atoms with Gasteiger partial charge in [-0.3, -0.25) is 14.9 Å². The molecule has 0 atom stereocenters. The predicted octanol–water partition coefficient (Wildman–Crippen LogP) is 2.66. The first-order chi connectivity index (χ1) is 13.3. The maximum atomic E-state index is 12.2. The Morgan fingerprint density at radius 1 is 1.21 bits per heavy atom. The molecule has 2 N–H and O–H groups in total. The van der Waals surface area contributed by atoms with Gasteiger partial charge in [0.05, 0.1) is 9.82 Å². The van der Waals surface area contributed by atoms with Gasteiger partial charge in [-0.15, -0.1) is 10.2 Å². The lowest BCUT2D eigenvalue weighted by Gasteiger charge is -2.07. The van der Waals surface area contributed by atoms with Crippen molar-refractivity contribution in [3.63, 3.8) is 0 Å². The Labute approximate surface area is 166 Å². The Kier molecular flexibility index (Phi) is 7.54. The molecule has 0 saturated heterocycles. The van der Waals surface area contributed by atoms with E-state index in [9.17, 15) is 23.3 Å². The molecule has 0 aliphatic rings. The highest BCUT2D eigenvalue weighted by Crippen LogP contribution is 2.28. The van der Waals surface area contributed by atoms with Crippen LogP contribution in [0.1, 0.15) is 44.0 Å². The molecule has 0 aliphatic carbocycles. The van der Waals surface area contributed by atoms with Crippen molar-refractivity contribution < 1.29 is 18.1 Å². The van der Waals surface area contributed by atoms with Crippen molar-refractivity contribution in [1.29, 1.82) is 0 Å². The number of hydrogen-bond acceptors (Lipinski definition) is 8. The van der Waals surface area contributed by atoms with E-state index in [2.05, 4.69) is 34.1 Å². The Morgan fingerprint density at radius 2 is 1.86 bits per heavy atom. The molecule has 0 bridgehead atoms. The molecule has 0 aliphatic heterocycles. The number of carbonyl (C=O) groups excluding carboxylic acids is 1. The number of nitrogens with zero attached hydrogens (tertiary/aromatic N) is 3. The summed E-state index contributed by atoms with van der Waals surface area (Å²) in [6, 6.07) is 4.49. The zero-order chi connectivity index (χ0) is 20.7. The average Bonchev–Trinajstić information content (AvgIpc) is 3.10. The highest BCUT2D eigenvalue weighted by molar-refractivity contribution is 7.89. The highest BCUT2D eigenvalue weighted by Gasteiger charge is 2.17. The third-order valence-electron chi connectivity index (χ3n) is 4.02. The third-order valence-corrected chi connectivity index (χ3v) is 6.50. The van der Waals surface area contributed by atoms with Crippen molar-refractivity contribution in [2.24, 2.45) is 0 Å². The van der Waals surface area contributed by atoms with Gasteiger partial charge >= 0.3 is 0 Å². The SMILES string of the molecule is CCC(CC)c1nnc(NC(=O)CCNS(=O)(=O)c2ccc([N+](=O)[O-])cc2)s1. The minimum atomic E-state index is -3.86. The molecule has 2 aromatic rings. The van der Waals surface area contributed by atoms with E-state index in [1.807, 2.05) is 0 Å². The quantitative estimate of drug-likeness (QED) is 0.438. The van der Waals surface area contributed by atoms with E-state index >= 15 is 0 Å². The second-order valence-electron chi connectivity index (χ2n) is 5.91. The van der Waals surface area contributed by atoms with E-state index < -0.39 is 20.9 Å². The number of nitro benzene ring substituents is 1. The number of benzene rings is 1. The van der Waals surface area contributed by atoms with E-state index in [1.165, 1.54) is 11.3 Å². The van der Waals surface area contributed by atoms with E-state index in [0.717, 1.165) is 42.1 Å². The summed E-state index contributed by atoms with van der Waals surface area (Å²) < 4.78 is 26.6. The van der Waals surface area contributed by atoms with Crippen molar-refractivity contribution in [2.75, 3.05) is 11.9 Å². The number of aromatic nitrogens is 2. The standard InChI is InChI=1S/C16H21N5O5S2/c1-3-11(4-2)15-19-20-16(27-15)18-14(22)9-10-17-28(25,26)13-7-5-12(6-8-13)21(23)24/h5-8,11,17H,3-4,9-10H2,1-2H3,(H,18,20,22). The maximum absolute atomic E-state index is 12.2. The number of hydrogen-bond donors (Lipinski definition) is 2. The zero-order valence-corrected chi connectivity index (χ0v) is 17.0. The van der Waals surface area contributed by atoms with Crippen LogP contribution in [-0.2, 0) is 14.8 Å². The summed E-state index contributed by atoms with van der Waals surface area (Å²) in [5.74, 6) is -0.0877. The van der Waals surface area contributed by atoms with Crippen molar-refractivity contribution in [1.82, 2.24) is 14.9 Å². The predicted molar refractivity (Wildman–Crippen MR) is 105 cm³/mol. The maximum Gasteiger partial charge on any atom is 0.269 e. The lowest BCUT2D eigenvalue weighted by molar-refractivity contribution is -0.384. The van der Waals surface area contributed by atoms with Gasteiger partial charge in [0.15, 0.2) is 0 Å². The summed E-state index contributed by atoms with van der Waals surface area (Å²) in [6.45, 7) is 4.00. The Bertz CT molecular complexity index is 923. The molecule has 1 amide bonds. The van der Waals surface area contributed by atoms with Crippen LogP contribution in [0.15, 0.2) is 29.2 Å². The first-order valence-corrected chi connectivity index (χ1v) is 10.9. The number of nitro groups is 1. The number of rotatable bonds is 10. The molecule has 152 valence electrons. The second-order valence-corrected chi connectivity index (χ2v) is 8.68. The van der Waals surface area contributed by atoms with Crippen LogP contribution in [0.25, 0.3) is 0 Å². The summed E-state index contributed by atoms with van der Waals surface area (Å²) in [4.78, 5) is 21.9. The Balaban J connectivity index is 1.86. The topological polar surface area (TPSA) is 144 Å². The summed E-state index contributed by atoms with van der Waals surface area (Å²) in [7, 11) is -3.86. The number of carbonyl (C=O) groups is 1. The summed E-state index contributed by atoms with van der Waals surface area (Å²) in [5.41, 5.74) is -0.205. The number of anilines is 1. The fraction of sp³-hybridized carbons (Fsp3) is 0.438. The summed E-state index contributed by atoms with van der Waals surface area (Å²) >= 11 is 1.31. The van der Waals surface area contributed by atoms with Gasteiger partial charge in [0.25, 0.3) is 5.69 Å². The van der Waals surface area contributed by atoms with Gasteiger partial charge in [-0.1, -0.05) is 25.2 Å². The first kappa shape index (κ1) is 21.9. The van der Waals surface area contributed by atoms with Gasteiger partial charge in [0.1, 0.15) is 5.01 Å². The lowest BCUT2D eigenvalue weighted by atomic mass is 10.1. The van der Waals surface area contributed by atoms with Gasteiger partial charge in [0.2, 0.25) is 21.1 Å². The highest BCUT2D eigenvalue weighted by atomic mass is 32.2. The third kappa shape index (κ3) is 5.78. The van der Waals surface area contributed by atoms with Gasteiger partial charge in [0, 0.05) is 31.0 Å². The molecule has 1 heterocycles. The molecular formula is C16H21N5O5S2. The zero-order valence-electron chi connectivity index (χ0n) is 15.4. The molecule has 0 unspecified atom stereocenters. The molecular weight excluding hydrogens is 406 g/mol. The van der Waals surface area contributed by atoms with E-state index in [-0.39, 0.29) is 23.5 Å². The van der Waals surface area contributed by atoms with E-state index in [0.29, 0.717) is 11.0 Å². The molecule has 10 nitrogen and oxygen atoms in total. The minimum Gasteiger partial charge on any atom is -0.300 e. The van der Waals surface area contributed by atoms with Crippen LogP contribution in [0.4, 0.5) is 10.8 Å². The van der Waals surface area contributed by atoms with Crippen LogP contribution in [-0.4, -0.2) is 36.0 Å². The molecule has 1 aromatic carbocycles. The summed E-state index contributed by atoms with van der Waals surface area (Å²) in [5, 5.41) is 22.5. The van der Waals surface area contributed by atoms with Crippen LogP contribution in [0.2, 0.25) is 0 Å². The minimum absolute atomic E-state index is 0.0912. The average molecular weight is 428 g/mol. The van der Waals surface area contributed by atoms with E-state index in [4.69, 9.17) is 0 Å². The molecule has 12 heteroatoms. The van der Waals surface area contributed by atoms with Crippen molar-refractivity contribution in [2.45, 2.75) is 43.9 Å². The van der Waals surface area contributed by atoms with Crippen LogP contribution < -0.4 is 10.0 Å². The van der Waals surface area contributed by atoms with Crippen LogP contribution in [0.5, 0.6) is 0 Å². The smallest absolute Gasteiger partial charge is 0.269 e. The van der Waals surface area contributed by atoms with Crippen LogP contribution in [0, 0.1) is 10.1 Å². The fourth-order valence-electron chi connectivity index (χ4n) is 2.40. The van der Waals surface area contributed by atoms with E-state index in [1.54, 1.807) is 0 Å². The molecule has 28 heavy (non-hydrogen) atoms. The van der Waals surface area contributed by atoms with Crippen LogP contribution in [0.3, 0.4) is 0 Å². The fourth-order valence-corrected chi connectivity index (χ4v) is 4.46. The number of non-ortho nitro benzene ring substituents is 1. The number of amides is 1. The van der Waals surface area contributed by atoms with Crippen molar-refractivity contribution in [3.05, 3.63) is 39.4 Å². The van der Waals surface area contributed by atoms with Gasteiger partial charge in [-0.25, -0.2) is 13.1 Å². The number of nitrogens with one attached hydrogen (secondary N) is 2. The van der Waals surface area contributed by atoms with Crippen LogP contribution >= 0.6 is 11.3 Å². The normalized spacial score (nSPS) is 11.5. The molecule has 0 saturated carbocycles. The largest absolute Gasteiger partial charge is 0.300 e. The Morgan fingerprint density at radius 3 is 2.43 bits per heavy atom. The molecule has 0 radical (unpaired) electrons. The molecule has 0 spiro atoms. The van der Waals surface area contributed by atoms with Gasteiger partial charge < -0.3 is 5.32 Å². The van der Waals surface area contributed by atoms with Crippen molar-refractivity contribution >= 4 is 38.1 Å². The molecule has 2 rings (SSSR count). The van der Waals surface area contributed by atoms with Crippen molar-refractivity contribution in [3.8, 4) is 0 Å². The second kappa shape index (κ2) is 9.66. The molecule has 1 aromatic heterocycles. The summed E-state index contributed by atoms with van der Waals surface area (Å²) in [6.07, 6.45) is 1.78.